The van der Waals surface area contributed by atoms with Crippen LogP contribution in [0.25, 0.3) is 0 Å². The lowest BCUT2D eigenvalue weighted by atomic mass is 9.86. The molecule has 0 aliphatic carbocycles. The monoisotopic (exact) mass is 494 g/mol. The SMILES string of the molecule is CC(C)CN(CC(=O)N(Cc1ccc(F)cc1)Cc1cccs1)C(=O)c1ccc(C(C)(C)C)cc1. The largest absolute Gasteiger partial charge is 0.332 e. The van der Waals surface area contributed by atoms with E-state index in [4.69, 9.17) is 0 Å². The number of thiophene rings is 1. The highest BCUT2D eigenvalue weighted by Crippen LogP contribution is 2.23. The van der Waals surface area contributed by atoms with Gasteiger partial charge in [-0.1, -0.05) is 65.0 Å². The van der Waals surface area contributed by atoms with Gasteiger partial charge in [0.25, 0.3) is 5.91 Å². The Morgan fingerprint density at radius 2 is 1.57 bits per heavy atom. The second-order valence-corrected chi connectivity index (χ2v) is 11.4. The van der Waals surface area contributed by atoms with Gasteiger partial charge in [-0.25, -0.2) is 4.39 Å². The summed E-state index contributed by atoms with van der Waals surface area (Å²) >= 11 is 1.58. The number of hydrogen-bond donors (Lipinski definition) is 0. The zero-order valence-corrected chi connectivity index (χ0v) is 22.1. The van der Waals surface area contributed by atoms with Crippen LogP contribution in [0, 0.1) is 11.7 Å². The highest BCUT2D eigenvalue weighted by Gasteiger charge is 2.24. The number of hydrogen-bond acceptors (Lipinski definition) is 3. The molecule has 2 aromatic carbocycles. The molecular formula is C29H35FN2O2S. The van der Waals surface area contributed by atoms with Crippen LogP contribution < -0.4 is 0 Å². The Morgan fingerprint density at radius 3 is 2.11 bits per heavy atom. The zero-order chi connectivity index (χ0) is 25.6. The van der Waals surface area contributed by atoms with E-state index in [2.05, 4.69) is 20.8 Å². The molecular weight excluding hydrogens is 459 g/mol. The highest BCUT2D eigenvalue weighted by molar-refractivity contribution is 7.09. The van der Waals surface area contributed by atoms with Crippen molar-refractivity contribution in [1.29, 1.82) is 0 Å². The van der Waals surface area contributed by atoms with Gasteiger partial charge in [0.2, 0.25) is 5.91 Å². The van der Waals surface area contributed by atoms with Gasteiger partial charge in [-0.15, -0.1) is 11.3 Å². The van der Waals surface area contributed by atoms with Gasteiger partial charge in [0, 0.05) is 23.5 Å². The molecule has 1 heterocycles. The summed E-state index contributed by atoms with van der Waals surface area (Å²) in [6, 6.07) is 17.8. The minimum Gasteiger partial charge on any atom is -0.332 e. The van der Waals surface area contributed by atoms with Crippen molar-refractivity contribution in [3.8, 4) is 0 Å². The third-order valence-corrected chi connectivity index (χ3v) is 6.62. The Balaban J connectivity index is 1.81. The lowest BCUT2D eigenvalue weighted by Crippen LogP contribution is -2.43. The standard InChI is InChI=1S/C29H35FN2O2S/c1-21(2)17-32(28(34)23-10-12-24(13-11-23)29(3,4)5)20-27(33)31(19-26-7-6-16-35-26)18-22-8-14-25(30)15-9-22/h6-16,21H,17-20H2,1-5H3. The maximum absolute atomic E-state index is 13.5. The summed E-state index contributed by atoms with van der Waals surface area (Å²) in [4.78, 5) is 31.4. The summed E-state index contributed by atoms with van der Waals surface area (Å²) in [6.07, 6.45) is 0. The molecule has 0 bridgehead atoms. The van der Waals surface area contributed by atoms with E-state index in [9.17, 15) is 14.0 Å². The molecule has 0 N–H and O–H groups in total. The predicted molar refractivity (Wildman–Crippen MR) is 141 cm³/mol. The summed E-state index contributed by atoms with van der Waals surface area (Å²) in [5.74, 6) is -0.382. The van der Waals surface area contributed by atoms with Crippen molar-refractivity contribution >= 4 is 23.2 Å². The smallest absolute Gasteiger partial charge is 0.254 e. The first-order valence-corrected chi connectivity index (χ1v) is 12.9. The van der Waals surface area contributed by atoms with Crippen LogP contribution in [-0.2, 0) is 23.3 Å². The third-order valence-electron chi connectivity index (χ3n) is 5.76. The van der Waals surface area contributed by atoms with Crippen molar-refractivity contribution in [2.75, 3.05) is 13.1 Å². The van der Waals surface area contributed by atoms with Crippen molar-refractivity contribution in [1.82, 2.24) is 9.80 Å². The number of benzene rings is 2. The molecule has 0 aliphatic rings. The van der Waals surface area contributed by atoms with Gasteiger partial charge < -0.3 is 9.80 Å². The molecule has 0 atom stereocenters. The van der Waals surface area contributed by atoms with Crippen LogP contribution in [0.5, 0.6) is 0 Å². The maximum atomic E-state index is 13.5. The first-order valence-electron chi connectivity index (χ1n) is 12.0. The maximum Gasteiger partial charge on any atom is 0.254 e. The van der Waals surface area contributed by atoms with E-state index in [-0.39, 0.29) is 35.5 Å². The van der Waals surface area contributed by atoms with Crippen molar-refractivity contribution in [3.63, 3.8) is 0 Å². The Hall–Kier alpha value is -2.99. The summed E-state index contributed by atoms with van der Waals surface area (Å²) in [5.41, 5.74) is 2.57. The van der Waals surface area contributed by atoms with Crippen LogP contribution in [0.4, 0.5) is 4.39 Å². The lowest BCUT2D eigenvalue weighted by Gasteiger charge is -2.29. The number of nitrogens with zero attached hydrogens (tertiary/aromatic N) is 2. The Kier molecular flexibility index (Phi) is 8.84. The number of amides is 2. The zero-order valence-electron chi connectivity index (χ0n) is 21.3. The Bertz CT molecular complexity index is 1100. The first-order chi connectivity index (χ1) is 16.5. The van der Waals surface area contributed by atoms with E-state index < -0.39 is 0 Å². The van der Waals surface area contributed by atoms with Crippen LogP contribution in [-0.4, -0.2) is 34.7 Å². The van der Waals surface area contributed by atoms with Crippen LogP contribution in [0.1, 0.15) is 61.0 Å². The van der Waals surface area contributed by atoms with Gasteiger partial charge in [0.05, 0.1) is 6.54 Å². The molecule has 0 radical (unpaired) electrons. The molecule has 186 valence electrons. The average Bonchev–Trinajstić information content (AvgIpc) is 3.31. The molecule has 0 saturated heterocycles. The van der Waals surface area contributed by atoms with Gasteiger partial charge in [0.1, 0.15) is 12.4 Å². The van der Waals surface area contributed by atoms with E-state index >= 15 is 0 Å². The number of carbonyl (C=O) groups is 2. The highest BCUT2D eigenvalue weighted by atomic mass is 32.1. The van der Waals surface area contributed by atoms with Crippen LogP contribution in [0.15, 0.2) is 66.0 Å². The molecule has 3 aromatic rings. The van der Waals surface area contributed by atoms with Gasteiger partial charge in [-0.3, -0.25) is 9.59 Å². The van der Waals surface area contributed by atoms with E-state index in [1.54, 1.807) is 33.3 Å². The van der Waals surface area contributed by atoms with Crippen molar-refractivity contribution in [2.24, 2.45) is 5.92 Å². The second kappa shape index (κ2) is 11.6. The predicted octanol–water partition coefficient (Wildman–Crippen LogP) is 6.51. The van der Waals surface area contributed by atoms with Gasteiger partial charge in [0.15, 0.2) is 0 Å². The van der Waals surface area contributed by atoms with E-state index in [0.717, 1.165) is 16.0 Å². The van der Waals surface area contributed by atoms with Crippen molar-refractivity contribution in [3.05, 3.63) is 93.4 Å². The molecule has 0 aliphatic heterocycles. The Morgan fingerprint density at radius 1 is 0.914 bits per heavy atom. The molecule has 0 unspecified atom stereocenters. The molecule has 0 fully saturated rings. The summed E-state index contributed by atoms with van der Waals surface area (Å²) in [5, 5.41) is 1.98. The van der Waals surface area contributed by atoms with Gasteiger partial charge >= 0.3 is 0 Å². The number of halogens is 1. The molecule has 2 amide bonds. The van der Waals surface area contributed by atoms with E-state index in [1.165, 1.54) is 12.1 Å². The number of rotatable bonds is 9. The van der Waals surface area contributed by atoms with Crippen LogP contribution in [0.2, 0.25) is 0 Å². The third kappa shape index (κ3) is 7.76. The minimum absolute atomic E-state index is 0.00217. The average molecular weight is 495 g/mol. The summed E-state index contributed by atoms with van der Waals surface area (Å²) < 4.78 is 13.4. The fourth-order valence-corrected chi connectivity index (χ4v) is 4.57. The quantitative estimate of drug-likeness (QED) is 0.340. The second-order valence-electron chi connectivity index (χ2n) is 10.4. The van der Waals surface area contributed by atoms with Crippen LogP contribution >= 0.6 is 11.3 Å². The van der Waals surface area contributed by atoms with Crippen LogP contribution in [0.3, 0.4) is 0 Å². The first kappa shape index (κ1) is 26.6. The fraction of sp³-hybridized carbons (Fsp3) is 0.379. The molecule has 0 saturated carbocycles. The molecule has 1 aromatic heterocycles. The normalized spacial score (nSPS) is 11.5. The molecule has 6 heteroatoms. The molecule has 4 nitrogen and oxygen atoms in total. The van der Waals surface area contributed by atoms with Gasteiger partial charge in [-0.05, 0) is 58.2 Å². The van der Waals surface area contributed by atoms with E-state index in [0.29, 0.717) is 25.2 Å². The van der Waals surface area contributed by atoms with E-state index in [1.807, 2.05) is 55.6 Å². The fourth-order valence-electron chi connectivity index (χ4n) is 3.85. The minimum atomic E-state index is -0.309. The van der Waals surface area contributed by atoms with Crippen molar-refractivity contribution in [2.45, 2.75) is 53.1 Å². The topological polar surface area (TPSA) is 40.6 Å². The van der Waals surface area contributed by atoms with Crippen molar-refractivity contribution < 1.29 is 14.0 Å². The van der Waals surface area contributed by atoms with Gasteiger partial charge in [-0.2, -0.15) is 0 Å². The molecule has 35 heavy (non-hydrogen) atoms. The Labute approximate surface area is 212 Å². The molecule has 3 rings (SSSR count). The number of carbonyl (C=O) groups excluding carboxylic acids is 2. The lowest BCUT2D eigenvalue weighted by molar-refractivity contribution is -0.133. The molecule has 0 spiro atoms. The summed E-state index contributed by atoms with van der Waals surface area (Å²) in [6.45, 7) is 11.7. The summed E-state index contributed by atoms with van der Waals surface area (Å²) in [7, 11) is 0.